The van der Waals surface area contributed by atoms with Crippen molar-refractivity contribution in [2.45, 2.75) is 6.92 Å². The van der Waals surface area contributed by atoms with Gasteiger partial charge in [0.05, 0.1) is 5.56 Å². The van der Waals surface area contributed by atoms with Crippen LogP contribution in [0.1, 0.15) is 16.1 Å². The van der Waals surface area contributed by atoms with Crippen molar-refractivity contribution in [3.05, 3.63) is 33.5 Å². The molecule has 3 N–H and O–H groups in total. The van der Waals surface area contributed by atoms with Crippen molar-refractivity contribution in [1.82, 2.24) is 4.98 Å². The molecule has 0 bridgehead atoms. The van der Waals surface area contributed by atoms with E-state index in [0.29, 0.717) is 0 Å². The molecule has 0 radical (unpaired) electrons. The number of aromatic nitrogens is 1. The van der Waals surface area contributed by atoms with Crippen LogP contribution in [0, 0.1) is 11.8 Å². The van der Waals surface area contributed by atoms with Crippen LogP contribution in [-0.4, -0.2) is 16.1 Å². The summed E-state index contributed by atoms with van der Waals surface area (Å²) in [4.78, 5) is 22.6. The molecule has 0 aromatic carbocycles. The van der Waals surface area contributed by atoms with Gasteiger partial charge in [-0.25, -0.2) is 4.98 Å². The van der Waals surface area contributed by atoms with E-state index in [1.807, 2.05) is 0 Å². The predicted molar refractivity (Wildman–Crippen MR) is 50.1 cm³/mol. The Morgan fingerprint density at radius 2 is 2.14 bits per heavy atom. The summed E-state index contributed by atoms with van der Waals surface area (Å²) < 4.78 is 0. The molecule has 1 aromatic rings. The molecule has 0 atom stereocenters. The molecule has 0 saturated heterocycles. The second-order valence-corrected chi connectivity index (χ2v) is 2.59. The number of halogens is 1. The third-order valence-corrected chi connectivity index (χ3v) is 1.54. The Bertz CT molecular complexity index is 343. The summed E-state index contributed by atoms with van der Waals surface area (Å²) in [5.74, 6) is -0.553. The number of pyridine rings is 1. The molecule has 7 heteroatoms. The number of hydrogen-bond acceptors (Lipinski definition) is 4. The number of carbonyl (C=O) groups is 1. The van der Waals surface area contributed by atoms with Crippen LogP contribution < -0.4 is 5.73 Å². The number of hydrogen-bond donors (Lipinski definition) is 2. The quantitative estimate of drug-likeness (QED) is 0.420. The van der Waals surface area contributed by atoms with E-state index >= 15 is 0 Å². The van der Waals surface area contributed by atoms with Crippen molar-refractivity contribution in [3.8, 4) is 0 Å². The molecule has 6 nitrogen and oxygen atoms in total. The molecule has 0 fully saturated rings. The van der Waals surface area contributed by atoms with E-state index in [2.05, 4.69) is 4.98 Å². The first-order chi connectivity index (χ1) is 6.52. The molecule has 1 rings (SSSR count). The molecule has 1 aromatic heterocycles. The van der Waals surface area contributed by atoms with Crippen molar-refractivity contribution in [2.75, 3.05) is 0 Å². The number of amides is 1. The summed E-state index contributed by atoms with van der Waals surface area (Å²) >= 11 is 5.61. The summed E-state index contributed by atoms with van der Waals surface area (Å²) in [5.41, 5.74) is 6.03. The number of rotatable bonds is 1. The van der Waals surface area contributed by atoms with E-state index in [-0.39, 0.29) is 10.7 Å². The molecule has 0 aliphatic carbocycles. The van der Waals surface area contributed by atoms with Gasteiger partial charge in [0.2, 0.25) is 0 Å². The molecule has 0 spiro atoms. The Morgan fingerprint density at radius 3 is 2.50 bits per heavy atom. The molecule has 0 unspecified atom stereocenters. The Balaban J connectivity index is 0.000000500. The van der Waals surface area contributed by atoms with Gasteiger partial charge in [0.25, 0.3) is 5.91 Å². The lowest BCUT2D eigenvalue weighted by molar-refractivity contribution is 0.1000. The predicted octanol–water partition coefficient (Wildman–Crippen LogP) is 1.28. The SMILES string of the molecule is Cc1ccc(C(N)=O)c(Cl)n1.O=NO. The van der Waals surface area contributed by atoms with Gasteiger partial charge in [0, 0.05) is 5.69 Å². The van der Waals surface area contributed by atoms with Gasteiger partial charge in [0.15, 0.2) is 5.34 Å². The largest absolute Gasteiger partial charge is 0.379 e. The van der Waals surface area contributed by atoms with E-state index in [0.717, 1.165) is 5.69 Å². The van der Waals surface area contributed by atoms with E-state index in [9.17, 15) is 4.79 Å². The number of nitrogens with zero attached hydrogens (tertiary/aromatic N) is 2. The van der Waals surface area contributed by atoms with Gasteiger partial charge in [0.1, 0.15) is 5.15 Å². The van der Waals surface area contributed by atoms with Crippen LogP contribution in [0.15, 0.2) is 17.5 Å². The van der Waals surface area contributed by atoms with E-state index in [1.165, 1.54) is 5.34 Å². The molecule has 1 amide bonds. The maximum Gasteiger partial charge on any atom is 0.251 e. The average molecular weight is 218 g/mol. The van der Waals surface area contributed by atoms with Crippen molar-refractivity contribution in [1.29, 1.82) is 0 Å². The fourth-order valence-electron chi connectivity index (χ4n) is 0.709. The Labute approximate surface area is 84.6 Å². The molecule has 14 heavy (non-hydrogen) atoms. The third kappa shape index (κ3) is 3.81. The van der Waals surface area contributed by atoms with E-state index in [1.54, 1.807) is 19.1 Å². The zero-order chi connectivity index (χ0) is 11.1. The van der Waals surface area contributed by atoms with Gasteiger partial charge < -0.3 is 10.9 Å². The van der Waals surface area contributed by atoms with Gasteiger partial charge in [-0.2, -0.15) is 0 Å². The van der Waals surface area contributed by atoms with Crippen LogP contribution >= 0.6 is 11.6 Å². The van der Waals surface area contributed by atoms with Crippen LogP contribution in [0.3, 0.4) is 0 Å². The van der Waals surface area contributed by atoms with Crippen LogP contribution in [0.25, 0.3) is 0 Å². The minimum atomic E-state index is -0.553. The van der Waals surface area contributed by atoms with E-state index < -0.39 is 5.91 Å². The van der Waals surface area contributed by atoms with Crippen molar-refractivity contribution >= 4 is 17.5 Å². The normalized spacial score (nSPS) is 8.43. The van der Waals surface area contributed by atoms with E-state index in [4.69, 9.17) is 27.4 Å². The van der Waals surface area contributed by atoms with Crippen LogP contribution in [-0.2, 0) is 0 Å². The zero-order valence-corrected chi connectivity index (χ0v) is 8.02. The van der Waals surface area contributed by atoms with Gasteiger partial charge in [-0.15, -0.1) is 4.91 Å². The third-order valence-electron chi connectivity index (χ3n) is 1.25. The Kier molecular flexibility index (Phi) is 5.16. The summed E-state index contributed by atoms with van der Waals surface area (Å²) in [7, 11) is 0. The van der Waals surface area contributed by atoms with Gasteiger partial charge in [-0.1, -0.05) is 11.6 Å². The van der Waals surface area contributed by atoms with Gasteiger partial charge in [-0.3, -0.25) is 4.79 Å². The van der Waals surface area contributed by atoms with Crippen LogP contribution in [0.2, 0.25) is 5.15 Å². The summed E-state index contributed by atoms with van der Waals surface area (Å²) in [5, 5.41) is 8.05. The number of carbonyl (C=O) groups excluding carboxylic acids is 1. The van der Waals surface area contributed by atoms with Crippen molar-refractivity contribution < 1.29 is 10.0 Å². The van der Waals surface area contributed by atoms with Crippen LogP contribution in [0.4, 0.5) is 0 Å². The summed E-state index contributed by atoms with van der Waals surface area (Å²) in [6.45, 7) is 1.79. The highest BCUT2D eigenvalue weighted by Gasteiger charge is 2.06. The fraction of sp³-hybridized carbons (Fsp3) is 0.143. The molecule has 0 aliphatic heterocycles. The number of nitrogens with two attached hydrogens (primary N) is 1. The molecule has 0 aliphatic rings. The number of primary amides is 1. The standard InChI is InChI=1S/C7H7ClN2O.HNO2/c1-4-2-3-5(7(9)11)6(8)10-4;2-1-3/h2-3H,1H3,(H2,9,11);(H,2,3). The van der Waals surface area contributed by atoms with Gasteiger partial charge >= 0.3 is 0 Å². The summed E-state index contributed by atoms with van der Waals surface area (Å²) in [6, 6.07) is 3.25. The number of aryl methyl sites for hydroxylation is 1. The van der Waals surface area contributed by atoms with Crippen molar-refractivity contribution in [2.24, 2.45) is 11.1 Å². The second-order valence-electron chi connectivity index (χ2n) is 2.24. The highest BCUT2D eigenvalue weighted by atomic mass is 35.5. The lowest BCUT2D eigenvalue weighted by Gasteiger charge is -1.98. The Morgan fingerprint density at radius 1 is 1.64 bits per heavy atom. The molecule has 1 heterocycles. The smallest absolute Gasteiger partial charge is 0.251 e. The first-order valence-corrected chi connectivity index (χ1v) is 3.80. The monoisotopic (exact) mass is 217 g/mol. The van der Waals surface area contributed by atoms with Gasteiger partial charge in [-0.05, 0) is 19.1 Å². The molecule has 76 valence electrons. The van der Waals surface area contributed by atoms with Crippen molar-refractivity contribution in [3.63, 3.8) is 0 Å². The lowest BCUT2D eigenvalue weighted by atomic mass is 10.2. The maximum atomic E-state index is 10.6. The molecular formula is C7H8ClN3O3. The highest BCUT2D eigenvalue weighted by molar-refractivity contribution is 6.32. The topological polar surface area (TPSA) is 106 Å². The zero-order valence-electron chi connectivity index (χ0n) is 7.27. The highest BCUT2D eigenvalue weighted by Crippen LogP contribution is 2.12. The molecule has 0 saturated carbocycles. The minimum Gasteiger partial charge on any atom is -0.379 e. The minimum absolute atomic E-state index is 0.164. The first kappa shape index (κ1) is 12.3. The second kappa shape index (κ2) is 5.87. The first-order valence-electron chi connectivity index (χ1n) is 3.42. The molecular weight excluding hydrogens is 210 g/mol. The van der Waals surface area contributed by atoms with Crippen LogP contribution in [0.5, 0.6) is 0 Å². The lowest BCUT2D eigenvalue weighted by Crippen LogP contribution is -2.12. The average Bonchev–Trinajstić information content (AvgIpc) is 2.04. The fourth-order valence-corrected chi connectivity index (χ4v) is 0.998. The Hall–Kier alpha value is -1.69. The maximum absolute atomic E-state index is 10.6. The summed E-state index contributed by atoms with van der Waals surface area (Å²) in [6.07, 6.45) is 0.